The van der Waals surface area contributed by atoms with Crippen molar-refractivity contribution in [2.24, 2.45) is 10.7 Å². The van der Waals surface area contributed by atoms with Gasteiger partial charge < -0.3 is 16.2 Å². The van der Waals surface area contributed by atoms with Crippen LogP contribution in [0.2, 0.25) is 0 Å². The van der Waals surface area contributed by atoms with Crippen molar-refractivity contribution < 1.29 is 5.11 Å². The molecular formula is C14H23N3O. The van der Waals surface area contributed by atoms with Gasteiger partial charge >= 0.3 is 0 Å². The smallest absolute Gasteiger partial charge is 0.189 e. The minimum atomic E-state index is -0.889. The fourth-order valence-electron chi connectivity index (χ4n) is 1.27. The Morgan fingerprint density at radius 1 is 1.22 bits per heavy atom. The van der Waals surface area contributed by atoms with Gasteiger partial charge in [0, 0.05) is 0 Å². The summed E-state index contributed by atoms with van der Waals surface area (Å²) in [6.45, 7) is 7.78. The summed E-state index contributed by atoms with van der Waals surface area (Å²) in [6, 6.07) is 9.90. The second kappa shape index (κ2) is 5.40. The Bertz CT molecular complexity index is 405. The molecule has 100 valence electrons. The molecule has 0 heterocycles. The summed E-state index contributed by atoms with van der Waals surface area (Å²) in [6.07, 6.45) is 0. The van der Waals surface area contributed by atoms with E-state index < -0.39 is 11.1 Å². The number of hydrogen-bond acceptors (Lipinski definition) is 2. The van der Waals surface area contributed by atoms with E-state index in [2.05, 4.69) is 10.3 Å². The number of aliphatic hydroxyl groups is 1. The first kappa shape index (κ1) is 14.5. The zero-order chi connectivity index (χ0) is 13.8. The van der Waals surface area contributed by atoms with E-state index in [9.17, 15) is 5.11 Å². The summed E-state index contributed by atoms with van der Waals surface area (Å²) in [5, 5.41) is 13.1. The number of hydrogen-bond donors (Lipinski definition) is 3. The molecule has 4 nitrogen and oxygen atoms in total. The van der Waals surface area contributed by atoms with Gasteiger partial charge in [-0.15, -0.1) is 0 Å². The zero-order valence-electron chi connectivity index (χ0n) is 11.6. The third-order valence-corrected chi connectivity index (χ3v) is 3.24. The van der Waals surface area contributed by atoms with Crippen LogP contribution in [-0.2, 0) is 6.54 Å². The first-order valence-corrected chi connectivity index (χ1v) is 6.07. The first-order valence-electron chi connectivity index (χ1n) is 6.07. The molecule has 0 spiro atoms. The summed E-state index contributed by atoms with van der Waals surface area (Å²) in [5.41, 5.74) is 5.50. The zero-order valence-corrected chi connectivity index (χ0v) is 11.6. The van der Waals surface area contributed by atoms with Gasteiger partial charge in [0.1, 0.15) is 0 Å². The molecule has 0 fully saturated rings. The molecule has 18 heavy (non-hydrogen) atoms. The molecule has 0 aliphatic carbocycles. The second-order valence-corrected chi connectivity index (χ2v) is 5.50. The summed E-state index contributed by atoms with van der Waals surface area (Å²) < 4.78 is 0. The fraction of sp³-hybridized carbons (Fsp3) is 0.500. The maximum atomic E-state index is 10.0. The molecule has 0 aromatic heterocycles. The Kier molecular flexibility index (Phi) is 4.35. The normalized spacial score (nSPS) is 13.5. The standard InChI is InChI=1S/C14H23N3O/c1-13(2,14(3,4)18)17-12(15)16-10-11-8-6-5-7-9-11/h5-9,18H,10H2,1-4H3,(H3,15,16,17). The van der Waals surface area contributed by atoms with Gasteiger partial charge in [-0.25, -0.2) is 4.99 Å². The molecule has 0 atom stereocenters. The number of nitrogens with one attached hydrogen (secondary N) is 1. The van der Waals surface area contributed by atoms with E-state index in [1.54, 1.807) is 13.8 Å². The monoisotopic (exact) mass is 249 g/mol. The Balaban J connectivity index is 2.63. The fourth-order valence-corrected chi connectivity index (χ4v) is 1.27. The van der Waals surface area contributed by atoms with E-state index in [0.717, 1.165) is 5.56 Å². The van der Waals surface area contributed by atoms with Crippen LogP contribution in [0.1, 0.15) is 33.3 Å². The van der Waals surface area contributed by atoms with Crippen molar-refractivity contribution in [2.45, 2.75) is 45.4 Å². The molecule has 4 heteroatoms. The van der Waals surface area contributed by atoms with Crippen LogP contribution in [0.4, 0.5) is 0 Å². The maximum Gasteiger partial charge on any atom is 0.189 e. The summed E-state index contributed by atoms with van der Waals surface area (Å²) >= 11 is 0. The predicted octanol–water partition coefficient (Wildman–Crippen LogP) is 1.64. The number of guanidine groups is 1. The SMILES string of the molecule is CC(C)(O)C(C)(C)NC(N)=NCc1ccccc1. The van der Waals surface area contributed by atoms with Crippen molar-refractivity contribution in [3.8, 4) is 0 Å². The van der Waals surface area contributed by atoms with Gasteiger partial charge in [-0.3, -0.25) is 0 Å². The van der Waals surface area contributed by atoms with Crippen LogP contribution >= 0.6 is 0 Å². The van der Waals surface area contributed by atoms with E-state index in [0.29, 0.717) is 12.5 Å². The third kappa shape index (κ3) is 4.04. The third-order valence-electron chi connectivity index (χ3n) is 3.24. The lowest BCUT2D eigenvalue weighted by molar-refractivity contribution is 0.00448. The molecule has 0 bridgehead atoms. The van der Waals surface area contributed by atoms with Gasteiger partial charge in [-0.1, -0.05) is 30.3 Å². The van der Waals surface area contributed by atoms with Crippen LogP contribution in [0.3, 0.4) is 0 Å². The topological polar surface area (TPSA) is 70.6 Å². The molecule has 1 rings (SSSR count). The Labute approximate surface area is 109 Å². The number of nitrogens with zero attached hydrogens (tertiary/aromatic N) is 1. The van der Waals surface area contributed by atoms with Crippen LogP contribution in [0.5, 0.6) is 0 Å². The lowest BCUT2D eigenvalue weighted by atomic mass is 9.86. The molecule has 0 amide bonds. The van der Waals surface area contributed by atoms with E-state index in [4.69, 9.17) is 5.73 Å². The molecule has 0 aliphatic heterocycles. The number of aliphatic imine (C=N–C) groups is 1. The van der Waals surface area contributed by atoms with Gasteiger partial charge in [0.25, 0.3) is 0 Å². The van der Waals surface area contributed by atoms with Crippen LogP contribution in [0.25, 0.3) is 0 Å². The molecule has 0 saturated heterocycles. The van der Waals surface area contributed by atoms with Gasteiger partial charge in [0.2, 0.25) is 0 Å². The minimum absolute atomic E-state index is 0.339. The van der Waals surface area contributed by atoms with E-state index in [1.165, 1.54) is 0 Å². The van der Waals surface area contributed by atoms with E-state index in [-0.39, 0.29) is 0 Å². The molecule has 0 unspecified atom stereocenters. The Morgan fingerprint density at radius 2 is 1.78 bits per heavy atom. The van der Waals surface area contributed by atoms with Crippen molar-refractivity contribution in [1.29, 1.82) is 0 Å². The Morgan fingerprint density at radius 3 is 2.28 bits per heavy atom. The van der Waals surface area contributed by atoms with E-state index >= 15 is 0 Å². The average molecular weight is 249 g/mol. The van der Waals surface area contributed by atoms with E-state index in [1.807, 2.05) is 44.2 Å². The minimum Gasteiger partial charge on any atom is -0.388 e. The lowest BCUT2D eigenvalue weighted by Gasteiger charge is -2.38. The molecular weight excluding hydrogens is 226 g/mol. The lowest BCUT2D eigenvalue weighted by Crippen LogP contribution is -2.59. The number of benzene rings is 1. The molecule has 0 saturated carbocycles. The summed E-state index contributed by atoms with van der Waals surface area (Å²) in [5.74, 6) is 0.339. The van der Waals surface area contributed by atoms with Crippen molar-refractivity contribution in [3.05, 3.63) is 35.9 Å². The average Bonchev–Trinajstić information content (AvgIpc) is 2.26. The van der Waals surface area contributed by atoms with Gasteiger partial charge in [-0.2, -0.15) is 0 Å². The second-order valence-electron chi connectivity index (χ2n) is 5.50. The first-order chi connectivity index (χ1) is 8.22. The van der Waals surface area contributed by atoms with Crippen molar-refractivity contribution in [2.75, 3.05) is 0 Å². The number of rotatable bonds is 4. The predicted molar refractivity (Wildman–Crippen MR) is 75.3 cm³/mol. The van der Waals surface area contributed by atoms with Crippen LogP contribution in [-0.4, -0.2) is 22.2 Å². The van der Waals surface area contributed by atoms with Crippen LogP contribution in [0.15, 0.2) is 35.3 Å². The van der Waals surface area contributed by atoms with Crippen LogP contribution in [0, 0.1) is 0 Å². The Hall–Kier alpha value is -1.55. The molecule has 1 aromatic carbocycles. The summed E-state index contributed by atoms with van der Waals surface area (Å²) in [7, 11) is 0. The highest BCUT2D eigenvalue weighted by Crippen LogP contribution is 2.20. The highest BCUT2D eigenvalue weighted by molar-refractivity contribution is 5.78. The highest BCUT2D eigenvalue weighted by Gasteiger charge is 2.35. The molecule has 4 N–H and O–H groups in total. The molecule has 1 aromatic rings. The van der Waals surface area contributed by atoms with Gasteiger partial charge in [-0.05, 0) is 33.3 Å². The van der Waals surface area contributed by atoms with Crippen molar-refractivity contribution in [1.82, 2.24) is 5.32 Å². The maximum absolute atomic E-state index is 10.0. The quantitative estimate of drug-likeness (QED) is 0.561. The molecule has 0 radical (unpaired) electrons. The van der Waals surface area contributed by atoms with Crippen molar-refractivity contribution >= 4 is 5.96 Å². The van der Waals surface area contributed by atoms with Crippen molar-refractivity contribution in [3.63, 3.8) is 0 Å². The van der Waals surface area contributed by atoms with Crippen LogP contribution < -0.4 is 11.1 Å². The van der Waals surface area contributed by atoms with Gasteiger partial charge in [0.05, 0.1) is 17.7 Å². The largest absolute Gasteiger partial charge is 0.388 e. The van der Waals surface area contributed by atoms with Gasteiger partial charge in [0.15, 0.2) is 5.96 Å². The summed E-state index contributed by atoms with van der Waals surface area (Å²) in [4.78, 5) is 4.27. The highest BCUT2D eigenvalue weighted by atomic mass is 16.3. The molecule has 0 aliphatic rings. The number of nitrogens with two attached hydrogens (primary N) is 1.